The summed E-state index contributed by atoms with van der Waals surface area (Å²) in [4.78, 5) is 8.74. The van der Waals surface area contributed by atoms with Gasteiger partial charge < -0.3 is 10.4 Å². The molecule has 0 amide bonds. The number of allylic oxidation sites excluding steroid dienone is 2. The molecule has 4 nitrogen and oxygen atoms in total. The minimum Gasteiger partial charge on any atom is -0.506 e. The van der Waals surface area contributed by atoms with Crippen molar-refractivity contribution in [1.29, 1.82) is 0 Å². The van der Waals surface area contributed by atoms with E-state index in [0.29, 0.717) is 5.69 Å². The van der Waals surface area contributed by atoms with Gasteiger partial charge >= 0.3 is 0 Å². The quantitative estimate of drug-likeness (QED) is 0.411. The van der Waals surface area contributed by atoms with Gasteiger partial charge in [-0.3, -0.25) is 9.98 Å². The van der Waals surface area contributed by atoms with E-state index in [1.54, 1.807) is 13.1 Å². The molecule has 0 aliphatic heterocycles. The molecule has 0 atom stereocenters. The summed E-state index contributed by atoms with van der Waals surface area (Å²) in [5.74, 6) is 0.234. The Balaban J connectivity index is 2.93. The summed E-state index contributed by atoms with van der Waals surface area (Å²) in [6.07, 6.45) is 5.04. The smallest absolute Gasteiger partial charge is 0.139 e. The van der Waals surface area contributed by atoms with E-state index in [-0.39, 0.29) is 5.75 Å². The van der Waals surface area contributed by atoms with Gasteiger partial charge in [-0.05, 0) is 50.5 Å². The number of nitrogens with one attached hydrogen (secondary N) is 1. The lowest BCUT2D eigenvalue weighted by molar-refractivity contribution is 0.477. The second kappa shape index (κ2) is 9.82. The maximum atomic E-state index is 10.3. The number of rotatable bonds is 8. The molecule has 1 aromatic rings. The van der Waals surface area contributed by atoms with Gasteiger partial charge in [0.1, 0.15) is 5.75 Å². The Morgan fingerprint density at radius 1 is 1.26 bits per heavy atom. The molecule has 0 bridgehead atoms. The second-order valence-electron chi connectivity index (χ2n) is 5.58. The van der Waals surface area contributed by atoms with E-state index in [2.05, 4.69) is 29.1 Å². The van der Waals surface area contributed by atoms with Crippen LogP contribution in [0, 0.1) is 0 Å². The summed E-state index contributed by atoms with van der Waals surface area (Å²) >= 11 is 0. The molecular formula is C19H29N3O. The number of nitrogens with zero attached hydrogens (tertiary/aromatic N) is 2. The number of anilines is 1. The van der Waals surface area contributed by atoms with Crippen LogP contribution >= 0.6 is 0 Å². The summed E-state index contributed by atoms with van der Waals surface area (Å²) < 4.78 is 0. The van der Waals surface area contributed by atoms with Crippen molar-refractivity contribution < 1.29 is 5.11 Å². The van der Waals surface area contributed by atoms with Crippen LogP contribution in [0.4, 0.5) is 5.69 Å². The van der Waals surface area contributed by atoms with Crippen LogP contribution in [0.1, 0.15) is 52.5 Å². The van der Waals surface area contributed by atoms with Gasteiger partial charge in [0, 0.05) is 30.7 Å². The van der Waals surface area contributed by atoms with Gasteiger partial charge in [-0.1, -0.05) is 26.3 Å². The average Bonchev–Trinajstić information content (AvgIpc) is 2.53. The highest BCUT2D eigenvalue weighted by atomic mass is 16.3. The van der Waals surface area contributed by atoms with Gasteiger partial charge in [0.2, 0.25) is 0 Å². The molecule has 0 fully saturated rings. The van der Waals surface area contributed by atoms with Crippen molar-refractivity contribution in [2.45, 2.75) is 47.0 Å². The van der Waals surface area contributed by atoms with Crippen molar-refractivity contribution in [2.24, 2.45) is 9.98 Å². The topological polar surface area (TPSA) is 57.0 Å². The fraction of sp³-hybridized carbons (Fsp3) is 0.474. The predicted molar refractivity (Wildman–Crippen MR) is 101 cm³/mol. The van der Waals surface area contributed by atoms with Crippen molar-refractivity contribution in [2.75, 3.05) is 18.9 Å². The molecule has 0 radical (unpaired) electrons. The monoisotopic (exact) mass is 315 g/mol. The molecule has 0 saturated carbocycles. The van der Waals surface area contributed by atoms with E-state index in [0.717, 1.165) is 48.5 Å². The van der Waals surface area contributed by atoms with Crippen molar-refractivity contribution in [3.05, 3.63) is 35.5 Å². The van der Waals surface area contributed by atoms with E-state index in [1.165, 1.54) is 0 Å². The largest absolute Gasteiger partial charge is 0.506 e. The molecule has 0 aliphatic carbocycles. The minimum absolute atomic E-state index is 0.234. The Kier molecular flexibility index (Phi) is 8.09. The lowest BCUT2D eigenvalue weighted by atomic mass is 10.1. The van der Waals surface area contributed by atoms with Crippen molar-refractivity contribution in [3.8, 4) is 5.75 Å². The van der Waals surface area contributed by atoms with Crippen LogP contribution in [0.2, 0.25) is 0 Å². The molecule has 2 N–H and O–H groups in total. The van der Waals surface area contributed by atoms with E-state index >= 15 is 0 Å². The number of phenolic OH excluding ortho intramolecular Hbond substituents is 1. The van der Waals surface area contributed by atoms with Gasteiger partial charge in [-0.25, -0.2) is 0 Å². The maximum Gasteiger partial charge on any atom is 0.139 e. The van der Waals surface area contributed by atoms with Crippen LogP contribution in [0.5, 0.6) is 5.75 Å². The SMILES string of the molecule is CCCCN=C(CC)c1ccc(N/C(C)=C/C(C)=NC)c(O)c1. The first-order valence-electron chi connectivity index (χ1n) is 8.27. The second-order valence-corrected chi connectivity index (χ2v) is 5.58. The fourth-order valence-corrected chi connectivity index (χ4v) is 2.22. The maximum absolute atomic E-state index is 10.3. The summed E-state index contributed by atoms with van der Waals surface area (Å²) in [6.45, 7) is 8.99. The van der Waals surface area contributed by atoms with Gasteiger partial charge in [0.25, 0.3) is 0 Å². The number of aromatic hydroxyl groups is 1. The van der Waals surface area contributed by atoms with Crippen molar-refractivity contribution in [3.63, 3.8) is 0 Å². The van der Waals surface area contributed by atoms with Crippen LogP contribution in [0.15, 0.2) is 40.0 Å². The van der Waals surface area contributed by atoms with Gasteiger partial charge in [-0.15, -0.1) is 0 Å². The number of unbranched alkanes of at least 4 members (excludes halogenated alkanes) is 1. The molecule has 0 aliphatic rings. The zero-order valence-electron chi connectivity index (χ0n) is 15.0. The van der Waals surface area contributed by atoms with Crippen LogP contribution in [-0.4, -0.2) is 30.1 Å². The van der Waals surface area contributed by atoms with Crippen LogP contribution < -0.4 is 5.32 Å². The average molecular weight is 315 g/mol. The Morgan fingerprint density at radius 3 is 2.57 bits per heavy atom. The summed E-state index contributed by atoms with van der Waals surface area (Å²) in [5, 5.41) is 13.5. The molecule has 1 aromatic carbocycles. The number of benzene rings is 1. The summed E-state index contributed by atoms with van der Waals surface area (Å²) in [7, 11) is 1.76. The first-order chi connectivity index (χ1) is 11.0. The normalized spacial score (nSPS) is 13.3. The van der Waals surface area contributed by atoms with E-state index < -0.39 is 0 Å². The molecule has 126 valence electrons. The Hall–Kier alpha value is -2.10. The molecule has 0 saturated heterocycles. The van der Waals surface area contributed by atoms with Crippen LogP contribution in [0.3, 0.4) is 0 Å². The third-order valence-corrected chi connectivity index (χ3v) is 3.59. The predicted octanol–water partition coefficient (Wildman–Crippen LogP) is 4.80. The fourth-order valence-electron chi connectivity index (χ4n) is 2.22. The highest BCUT2D eigenvalue weighted by Crippen LogP contribution is 2.26. The van der Waals surface area contributed by atoms with E-state index in [1.807, 2.05) is 32.1 Å². The zero-order valence-corrected chi connectivity index (χ0v) is 15.0. The number of phenols is 1. The molecule has 4 heteroatoms. The Labute approximate surface area is 140 Å². The third-order valence-electron chi connectivity index (χ3n) is 3.59. The van der Waals surface area contributed by atoms with E-state index in [9.17, 15) is 5.11 Å². The summed E-state index contributed by atoms with van der Waals surface area (Å²) in [6, 6.07) is 5.68. The van der Waals surface area contributed by atoms with Crippen LogP contribution in [-0.2, 0) is 0 Å². The molecular weight excluding hydrogens is 286 g/mol. The molecule has 0 spiro atoms. The standard InChI is InChI=1S/C19H29N3O/c1-6-8-11-21-17(7-2)16-9-10-18(19(23)13-16)22-15(4)12-14(3)20-5/h9-10,12-13,22-23H,6-8,11H2,1-5H3/b15-12+,20-14?,21-17?. The first kappa shape index (κ1) is 18.9. The Morgan fingerprint density at radius 2 is 2.00 bits per heavy atom. The minimum atomic E-state index is 0.234. The number of aliphatic imine (C=N–C) groups is 2. The van der Waals surface area contributed by atoms with Crippen molar-refractivity contribution in [1.82, 2.24) is 0 Å². The lowest BCUT2D eigenvalue weighted by Gasteiger charge is -2.11. The molecule has 23 heavy (non-hydrogen) atoms. The number of hydrogen-bond donors (Lipinski definition) is 2. The molecule has 1 rings (SSSR count). The van der Waals surface area contributed by atoms with E-state index in [4.69, 9.17) is 0 Å². The Bertz CT molecular complexity index is 601. The van der Waals surface area contributed by atoms with Crippen molar-refractivity contribution >= 4 is 17.1 Å². The van der Waals surface area contributed by atoms with Gasteiger partial charge in [0.15, 0.2) is 0 Å². The van der Waals surface area contributed by atoms with Crippen LogP contribution in [0.25, 0.3) is 0 Å². The third kappa shape index (κ3) is 6.27. The first-order valence-corrected chi connectivity index (χ1v) is 8.27. The molecule has 0 aromatic heterocycles. The number of hydrogen-bond acceptors (Lipinski definition) is 4. The lowest BCUT2D eigenvalue weighted by Crippen LogP contribution is -2.03. The zero-order chi connectivity index (χ0) is 17.2. The highest BCUT2D eigenvalue weighted by Gasteiger charge is 2.07. The molecule has 0 unspecified atom stereocenters. The molecule has 0 heterocycles. The van der Waals surface area contributed by atoms with Gasteiger partial charge in [0.05, 0.1) is 5.69 Å². The summed E-state index contributed by atoms with van der Waals surface area (Å²) in [5.41, 5.74) is 4.59. The highest BCUT2D eigenvalue weighted by molar-refractivity contribution is 6.01. The van der Waals surface area contributed by atoms with Gasteiger partial charge in [-0.2, -0.15) is 0 Å².